The average molecular weight is 285 g/mol. The van der Waals surface area contributed by atoms with Crippen LogP contribution in [0.4, 0.5) is 0 Å². The molecule has 21 heavy (non-hydrogen) atoms. The van der Waals surface area contributed by atoms with Crippen LogP contribution < -0.4 is 4.74 Å². The van der Waals surface area contributed by atoms with Crippen molar-refractivity contribution in [1.82, 2.24) is 5.06 Å². The van der Waals surface area contributed by atoms with Gasteiger partial charge < -0.3 is 9.15 Å². The Labute approximate surface area is 121 Å². The quantitative estimate of drug-likeness (QED) is 0.691. The van der Waals surface area contributed by atoms with Crippen LogP contribution in [0.15, 0.2) is 46.9 Å². The summed E-state index contributed by atoms with van der Waals surface area (Å²) < 4.78 is 11.2. The normalized spacial score (nSPS) is 11.0. The molecule has 1 aromatic heterocycles. The van der Waals surface area contributed by atoms with Gasteiger partial charge in [-0.1, -0.05) is 18.2 Å². The monoisotopic (exact) mass is 285 g/mol. The van der Waals surface area contributed by atoms with Gasteiger partial charge in [0.25, 0.3) is 5.91 Å². The Kier molecular flexibility index (Phi) is 3.50. The van der Waals surface area contributed by atoms with Crippen molar-refractivity contribution in [3.63, 3.8) is 0 Å². The number of ether oxygens (including phenoxy) is 1. The van der Waals surface area contributed by atoms with Crippen molar-refractivity contribution < 1.29 is 18.8 Å². The van der Waals surface area contributed by atoms with Crippen molar-refractivity contribution >= 4 is 27.8 Å². The molecule has 0 aliphatic rings. The number of hydrogen-bond acceptors (Lipinski definition) is 4. The Morgan fingerprint density at radius 2 is 1.90 bits per heavy atom. The van der Waals surface area contributed by atoms with E-state index in [2.05, 4.69) is 0 Å². The van der Waals surface area contributed by atoms with Gasteiger partial charge in [-0.15, -0.1) is 0 Å². The lowest BCUT2D eigenvalue weighted by Crippen LogP contribution is -2.30. The van der Waals surface area contributed by atoms with Gasteiger partial charge in [0.2, 0.25) is 0 Å². The number of hydrogen-bond donors (Lipinski definition) is 0. The number of likely N-dealkylation sites (N-methyl/N-ethyl adjacent to an activating group) is 1. The molecule has 0 bridgehead atoms. The lowest BCUT2D eigenvalue weighted by Gasteiger charge is -2.13. The second-order valence-electron chi connectivity index (χ2n) is 4.62. The van der Waals surface area contributed by atoms with Crippen LogP contribution in [0.3, 0.4) is 0 Å². The topological polar surface area (TPSA) is 51.9 Å². The number of rotatable bonds is 4. The molecule has 0 unspecified atom stereocenters. The molecule has 0 saturated heterocycles. The van der Waals surface area contributed by atoms with E-state index >= 15 is 0 Å². The van der Waals surface area contributed by atoms with Crippen molar-refractivity contribution in [1.29, 1.82) is 0 Å². The predicted octanol–water partition coefficient (Wildman–Crippen LogP) is 2.98. The maximum Gasteiger partial charge on any atom is 0.283 e. The third-order valence-corrected chi connectivity index (χ3v) is 3.34. The highest BCUT2D eigenvalue weighted by Gasteiger charge is 2.11. The van der Waals surface area contributed by atoms with Crippen LogP contribution in [0, 0.1) is 0 Å². The third kappa shape index (κ3) is 2.55. The Hall–Kier alpha value is -2.53. The highest BCUT2D eigenvalue weighted by molar-refractivity contribution is 6.05. The van der Waals surface area contributed by atoms with Crippen LogP contribution in [0.5, 0.6) is 5.75 Å². The fraction of sp³-hybridized carbons (Fsp3) is 0.188. The lowest BCUT2D eigenvalue weighted by molar-refractivity contribution is -0.170. The first-order valence-corrected chi connectivity index (χ1v) is 6.54. The number of carbonyl (C=O) groups excluding carboxylic acids is 1. The Balaban J connectivity index is 1.87. The van der Waals surface area contributed by atoms with E-state index < -0.39 is 0 Å². The second-order valence-corrected chi connectivity index (χ2v) is 4.62. The van der Waals surface area contributed by atoms with E-state index in [9.17, 15) is 4.79 Å². The van der Waals surface area contributed by atoms with Crippen molar-refractivity contribution in [3.8, 4) is 5.75 Å². The fourth-order valence-corrected chi connectivity index (χ4v) is 2.13. The largest absolute Gasteiger partial charge is 0.484 e. The van der Waals surface area contributed by atoms with Crippen molar-refractivity contribution in [2.45, 2.75) is 0 Å². The van der Waals surface area contributed by atoms with Crippen LogP contribution in [-0.2, 0) is 9.63 Å². The predicted molar refractivity (Wildman–Crippen MR) is 79.0 cm³/mol. The summed E-state index contributed by atoms with van der Waals surface area (Å²) in [6.07, 6.45) is 0. The zero-order valence-corrected chi connectivity index (χ0v) is 11.8. The molecule has 0 atom stereocenters. The Morgan fingerprint density at radius 1 is 1.14 bits per heavy atom. The van der Waals surface area contributed by atoms with Crippen LogP contribution >= 0.6 is 0 Å². The molecule has 108 valence electrons. The van der Waals surface area contributed by atoms with Gasteiger partial charge in [-0.2, -0.15) is 0 Å². The molecular formula is C16H15NO4. The number of carbonyl (C=O) groups is 1. The highest BCUT2D eigenvalue weighted by atomic mass is 16.7. The summed E-state index contributed by atoms with van der Waals surface area (Å²) in [5, 5.41) is 3.13. The number of benzene rings is 2. The number of para-hydroxylation sites is 1. The number of fused-ring (bicyclic) bond motifs is 3. The summed E-state index contributed by atoms with van der Waals surface area (Å²) in [4.78, 5) is 16.4. The van der Waals surface area contributed by atoms with Crippen molar-refractivity contribution in [2.24, 2.45) is 0 Å². The van der Waals surface area contributed by atoms with E-state index in [1.165, 1.54) is 7.11 Å². The van der Waals surface area contributed by atoms with Gasteiger partial charge >= 0.3 is 0 Å². The summed E-state index contributed by atoms with van der Waals surface area (Å²) in [5.41, 5.74) is 1.63. The molecule has 0 radical (unpaired) electrons. The molecule has 0 N–H and O–H groups in total. The van der Waals surface area contributed by atoms with Gasteiger partial charge in [-0.3, -0.25) is 9.63 Å². The number of nitrogens with zero attached hydrogens (tertiary/aromatic N) is 1. The Bertz CT molecular complexity index is 793. The smallest absolute Gasteiger partial charge is 0.283 e. The van der Waals surface area contributed by atoms with E-state index in [-0.39, 0.29) is 12.5 Å². The van der Waals surface area contributed by atoms with Crippen LogP contribution in [0.1, 0.15) is 0 Å². The molecule has 1 amide bonds. The highest BCUT2D eigenvalue weighted by Crippen LogP contribution is 2.31. The van der Waals surface area contributed by atoms with Crippen LogP contribution in [0.25, 0.3) is 21.9 Å². The molecular weight excluding hydrogens is 270 g/mol. The fourth-order valence-electron chi connectivity index (χ4n) is 2.13. The van der Waals surface area contributed by atoms with E-state index in [1.54, 1.807) is 13.1 Å². The first-order chi connectivity index (χ1) is 10.2. The van der Waals surface area contributed by atoms with Crippen LogP contribution in [-0.4, -0.2) is 31.7 Å². The van der Waals surface area contributed by atoms with Gasteiger partial charge in [-0.05, 0) is 24.3 Å². The molecule has 2 aromatic carbocycles. The van der Waals surface area contributed by atoms with Crippen molar-refractivity contribution in [2.75, 3.05) is 20.8 Å². The second kappa shape index (κ2) is 5.46. The minimum absolute atomic E-state index is 0.0777. The van der Waals surface area contributed by atoms with Gasteiger partial charge in [0.15, 0.2) is 6.61 Å². The van der Waals surface area contributed by atoms with E-state index in [1.807, 2.05) is 36.4 Å². The average Bonchev–Trinajstić information content (AvgIpc) is 2.89. The Morgan fingerprint density at radius 3 is 2.71 bits per heavy atom. The summed E-state index contributed by atoms with van der Waals surface area (Å²) >= 11 is 0. The standard InChI is InChI=1S/C16H15NO4/c1-17(19-2)16(18)10-20-11-7-8-15-13(9-11)12-5-3-4-6-14(12)21-15/h3-9H,10H2,1-2H3. The summed E-state index contributed by atoms with van der Waals surface area (Å²) in [5.74, 6) is 0.363. The van der Waals surface area contributed by atoms with E-state index in [0.29, 0.717) is 5.75 Å². The number of amides is 1. The molecule has 3 rings (SSSR count). The molecule has 5 heteroatoms. The molecule has 0 aliphatic heterocycles. The minimum Gasteiger partial charge on any atom is -0.484 e. The van der Waals surface area contributed by atoms with Gasteiger partial charge in [0.1, 0.15) is 16.9 Å². The van der Waals surface area contributed by atoms with E-state index in [4.69, 9.17) is 14.0 Å². The molecule has 3 aromatic rings. The molecule has 0 saturated carbocycles. The molecule has 5 nitrogen and oxygen atoms in total. The molecule has 0 fully saturated rings. The summed E-state index contributed by atoms with van der Waals surface area (Å²) in [6.45, 7) is -0.0777. The van der Waals surface area contributed by atoms with Crippen molar-refractivity contribution in [3.05, 3.63) is 42.5 Å². The molecule has 0 aliphatic carbocycles. The number of hydroxylamine groups is 2. The first kappa shape index (κ1) is 13.5. The zero-order valence-electron chi connectivity index (χ0n) is 11.8. The van der Waals surface area contributed by atoms with Crippen LogP contribution in [0.2, 0.25) is 0 Å². The SMILES string of the molecule is CON(C)C(=O)COc1ccc2oc3ccccc3c2c1. The first-order valence-electron chi connectivity index (χ1n) is 6.54. The van der Waals surface area contributed by atoms with Gasteiger partial charge in [0.05, 0.1) is 7.11 Å². The van der Waals surface area contributed by atoms with Gasteiger partial charge in [-0.25, -0.2) is 5.06 Å². The third-order valence-electron chi connectivity index (χ3n) is 3.34. The van der Waals surface area contributed by atoms with Gasteiger partial charge in [0, 0.05) is 17.8 Å². The van der Waals surface area contributed by atoms with E-state index in [0.717, 1.165) is 27.0 Å². The number of furan rings is 1. The molecule has 0 spiro atoms. The summed E-state index contributed by atoms with van der Waals surface area (Å²) in [7, 11) is 2.97. The maximum absolute atomic E-state index is 11.6. The lowest BCUT2D eigenvalue weighted by atomic mass is 10.1. The summed E-state index contributed by atoms with van der Waals surface area (Å²) in [6, 6.07) is 13.3. The maximum atomic E-state index is 11.6. The zero-order chi connectivity index (χ0) is 14.8. The minimum atomic E-state index is -0.255. The molecule has 1 heterocycles.